The van der Waals surface area contributed by atoms with Gasteiger partial charge in [-0.1, -0.05) is 18.2 Å². The number of para-hydroxylation sites is 1. The Bertz CT molecular complexity index is 719. The molecule has 128 valence electrons. The zero-order valence-corrected chi connectivity index (χ0v) is 14.9. The number of thiophene rings is 1. The van der Waals surface area contributed by atoms with Crippen molar-refractivity contribution in [3.63, 3.8) is 0 Å². The second kappa shape index (κ2) is 7.36. The molecule has 1 N–H and O–H groups in total. The van der Waals surface area contributed by atoms with Crippen LogP contribution in [0.2, 0.25) is 0 Å². The first-order valence-electron chi connectivity index (χ1n) is 8.29. The normalized spacial score (nSPS) is 17.2. The zero-order valence-electron chi connectivity index (χ0n) is 14.1. The first kappa shape index (κ1) is 17.0. The predicted octanol–water partition coefficient (Wildman–Crippen LogP) is 3.89. The van der Waals surface area contributed by atoms with E-state index in [1.54, 1.807) is 28.4 Å². The van der Waals surface area contributed by atoms with E-state index in [1.807, 2.05) is 32.0 Å². The average Bonchev–Trinajstić information content (AvgIpc) is 3.17. The molecule has 1 aliphatic rings. The van der Waals surface area contributed by atoms with Crippen molar-refractivity contribution < 1.29 is 14.6 Å². The van der Waals surface area contributed by atoms with Crippen molar-refractivity contribution in [1.82, 2.24) is 4.90 Å². The molecule has 2 heterocycles. The molecule has 1 unspecified atom stereocenters. The Morgan fingerprint density at radius 2 is 2.17 bits per heavy atom. The van der Waals surface area contributed by atoms with Crippen LogP contribution in [0.15, 0.2) is 30.3 Å². The number of aromatic hydroxyl groups is 1. The van der Waals surface area contributed by atoms with Gasteiger partial charge in [0, 0.05) is 35.0 Å². The number of carbonyl (C=O) groups is 1. The summed E-state index contributed by atoms with van der Waals surface area (Å²) in [5.74, 6) is 0.233. The van der Waals surface area contributed by atoms with Crippen molar-refractivity contribution in [2.75, 3.05) is 13.2 Å². The topological polar surface area (TPSA) is 49.8 Å². The van der Waals surface area contributed by atoms with Crippen molar-refractivity contribution in [2.24, 2.45) is 0 Å². The highest BCUT2D eigenvalue weighted by Crippen LogP contribution is 2.25. The number of phenolic OH excluding ortho intramolecular Hbond substituents is 1. The van der Waals surface area contributed by atoms with Crippen LogP contribution in [0.25, 0.3) is 0 Å². The Hall–Kier alpha value is -1.85. The van der Waals surface area contributed by atoms with Crippen LogP contribution in [0.1, 0.15) is 38.5 Å². The van der Waals surface area contributed by atoms with E-state index in [1.165, 1.54) is 0 Å². The van der Waals surface area contributed by atoms with E-state index in [2.05, 4.69) is 0 Å². The molecule has 4 nitrogen and oxygen atoms in total. The Balaban J connectivity index is 1.84. The van der Waals surface area contributed by atoms with Gasteiger partial charge in [0.2, 0.25) is 0 Å². The molecule has 1 fully saturated rings. The minimum Gasteiger partial charge on any atom is -0.508 e. The number of amides is 1. The van der Waals surface area contributed by atoms with Gasteiger partial charge in [0.05, 0.1) is 11.7 Å². The van der Waals surface area contributed by atoms with E-state index in [4.69, 9.17) is 4.74 Å². The van der Waals surface area contributed by atoms with Gasteiger partial charge in [-0.2, -0.15) is 0 Å². The molecule has 0 aliphatic carbocycles. The van der Waals surface area contributed by atoms with Crippen LogP contribution in [0.5, 0.6) is 5.75 Å². The van der Waals surface area contributed by atoms with Crippen LogP contribution in [-0.2, 0) is 11.3 Å². The molecule has 0 radical (unpaired) electrons. The Morgan fingerprint density at radius 3 is 2.79 bits per heavy atom. The van der Waals surface area contributed by atoms with Gasteiger partial charge in [0.15, 0.2) is 0 Å². The number of ether oxygens (including phenoxy) is 1. The lowest BCUT2D eigenvalue weighted by molar-refractivity contribution is 0.0505. The summed E-state index contributed by atoms with van der Waals surface area (Å²) in [6, 6.07) is 9.14. The summed E-state index contributed by atoms with van der Waals surface area (Å²) in [5, 5.41) is 10.1. The molecular weight excluding hydrogens is 322 g/mol. The van der Waals surface area contributed by atoms with Crippen LogP contribution in [0.3, 0.4) is 0 Å². The number of aryl methyl sites for hydroxylation is 2. The van der Waals surface area contributed by atoms with E-state index < -0.39 is 0 Å². The fourth-order valence-corrected chi connectivity index (χ4v) is 4.03. The smallest absolute Gasteiger partial charge is 0.255 e. The third-order valence-electron chi connectivity index (χ3n) is 4.36. The molecule has 0 spiro atoms. The Kier molecular flexibility index (Phi) is 5.21. The third-order valence-corrected chi connectivity index (χ3v) is 5.33. The largest absolute Gasteiger partial charge is 0.508 e. The van der Waals surface area contributed by atoms with E-state index in [-0.39, 0.29) is 17.8 Å². The summed E-state index contributed by atoms with van der Waals surface area (Å²) in [4.78, 5) is 17.1. The molecule has 24 heavy (non-hydrogen) atoms. The van der Waals surface area contributed by atoms with Crippen LogP contribution in [0.4, 0.5) is 0 Å². The predicted molar refractivity (Wildman–Crippen MR) is 95.6 cm³/mol. The summed E-state index contributed by atoms with van der Waals surface area (Å²) < 4.78 is 5.72. The molecule has 1 saturated heterocycles. The number of hydrogen-bond donors (Lipinski definition) is 1. The highest BCUT2D eigenvalue weighted by Gasteiger charge is 2.25. The minimum absolute atomic E-state index is 0.00982. The number of phenols is 1. The standard InChI is InChI=1S/C19H23NO3S/c1-13-10-17(14(2)24-13)19(22)20(12-16-7-5-9-23-16)11-15-6-3-4-8-18(15)21/h3-4,6,8,10,16,21H,5,7,9,11-12H2,1-2H3. The molecule has 1 atom stereocenters. The molecule has 3 rings (SSSR count). The molecule has 5 heteroatoms. The number of hydrogen-bond acceptors (Lipinski definition) is 4. The maximum atomic E-state index is 13.1. The van der Waals surface area contributed by atoms with Crippen molar-refractivity contribution in [1.29, 1.82) is 0 Å². The Morgan fingerprint density at radius 1 is 1.38 bits per heavy atom. The van der Waals surface area contributed by atoms with Crippen LogP contribution >= 0.6 is 11.3 Å². The van der Waals surface area contributed by atoms with Gasteiger partial charge in [-0.3, -0.25) is 4.79 Å². The lowest BCUT2D eigenvalue weighted by atomic mass is 10.1. The number of nitrogens with zero attached hydrogens (tertiary/aromatic N) is 1. The van der Waals surface area contributed by atoms with Gasteiger partial charge in [0.25, 0.3) is 5.91 Å². The minimum atomic E-state index is 0.00982. The van der Waals surface area contributed by atoms with Gasteiger partial charge in [-0.25, -0.2) is 0 Å². The van der Waals surface area contributed by atoms with Gasteiger partial charge >= 0.3 is 0 Å². The maximum Gasteiger partial charge on any atom is 0.255 e. The monoisotopic (exact) mass is 345 g/mol. The van der Waals surface area contributed by atoms with Crippen LogP contribution < -0.4 is 0 Å². The van der Waals surface area contributed by atoms with Gasteiger partial charge in [-0.05, 0) is 38.8 Å². The molecule has 1 aromatic heterocycles. The second-order valence-corrected chi connectivity index (χ2v) is 7.74. The van der Waals surface area contributed by atoms with Crippen molar-refractivity contribution in [3.05, 3.63) is 51.2 Å². The second-order valence-electron chi connectivity index (χ2n) is 6.28. The fourth-order valence-electron chi connectivity index (χ4n) is 3.12. The summed E-state index contributed by atoms with van der Waals surface area (Å²) >= 11 is 1.64. The van der Waals surface area contributed by atoms with Crippen molar-refractivity contribution in [2.45, 2.75) is 39.3 Å². The van der Waals surface area contributed by atoms with E-state index in [9.17, 15) is 9.90 Å². The molecular formula is C19H23NO3S. The molecule has 0 bridgehead atoms. The molecule has 1 aliphatic heterocycles. The summed E-state index contributed by atoms with van der Waals surface area (Å²) in [5.41, 5.74) is 1.51. The summed E-state index contributed by atoms with van der Waals surface area (Å²) in [6.07, 6.45) is 2.10. The maximum absolute atomic E-state index is 13.1. The number of rotatable bonds is 5. The zero-order chi connectivity index (χ0) is 17.1. The highest BCUT2D eigenvalue weighted by molar-refractivity contribution is 7.12. The van der Waals surface area contributed by atoms with Crippen LogP contribution in [0, 0.1) is 13.8 Å². The SMILES string of the molecule is Cc1cc(C(=O)N(Cc2ccccc2O)CC2CCCO2)c(C)s1. The van der Waals surface area contributed by atoms with Crippen LogP contribution in [-0.4, -0.2) is 35.2 Å². The lowest BCUT2D eigenvalue weighted by Gasteiger charge is -2.26. The van der Waals surface area contributed by atoms with E-state index in [0.29, 0.717) is 13.1 Å². The van der Waals surface area contributed by atoms with E-state index in [0.717, 1.165) is 40.3 Å². The van der Waals surface area contributed by atoms with Crippen molar-refractivity contribution >= 4 is 17.2 Å². The van der Waals surface area contributed by atoms with Gasteiger partial charge in [-0.15, -0.1) is 11.3 Å². The van der Waals surface area contributed by atoms with Crippen molar-refractivity contribution in [3.8, 4) is 5.75 Å². The highest BCUT2D eigenvalue weighted by atomic mass is 32.1. The fraction of sp³-hybridized carbons (Fsp3) is 0.421. The summed E-state index contributed by atoms with van der Waals surface area (Å²) in [6.45, 7) is 5.71. The third kappa shape index (κ3) is 3.79. The summed E-state index contributed by atoms with van der Waals surface area (Å²) in [7, 11) is 0. The molecule has 0 saturated carbocycles. The number of benzene rings is 1. The quantitative estimate of drug-likeness (QED) is 0.894. The lowest BCUT2D eigenvalue weighted by Crippen LogP contribution is -2.37. The molecule has 1 amide bonds. The molecule has 1 aromatic carbocycles. The van der Waals surface area contributed by atoms with Gasteiger partial charge < -0.3 is 14.7 Å². The number of carbonyl (C=O) groups excluding carboxylic acids is 1. The molecule has 2 aromatic rings. The van der Waals surface area contributed by atoms with E-state index >= 15 is 0 Å². The van der Waals surface area contributed by atoms with Gasteiger partial charge in [0.1, 0.15) is 5.75 Å². The first-order valence-corrected chi connectivity index (χ1v) is 9.11. The average molecular weight is 345 g/mol. The first-order chi connectivity index (χ1) is 11.5. The Labute approximate surface area is 146 Å².